The van der Waals surface area contributed by atoms with Crippen molar-refractivity contribution in [2.45, 2.75) is 108 Å². The molecule has 0 spiro atoms. The minimum absolute atomic E-state index is 0.0185. The van der Waals surface area contributed by atoms with Gasteiger partial charge in [0.25, 0.3) is 5.91 Å². The number of H-pyrrole nitrogens is 1. The van der Waals surface area contributed by atoms with Crippen LogP contribution in [0.15, 0.2) is 86.0 Å². The van der Waals surface area contributed by atoms with E-state index in [9.17, 15) is 13.8 Å². The smallest absolute Gasteiger partial charge is 0.376 e. The molecule has 4 aromatic heterocycles. The number of aromatic nitrogens is 7. The highest BCUT2D eigenvalue weighted by Crippen LogP contribution is 2.56. The first-order valence-electron chi connectivity index (χ1n) is 23.3. The number of nitrogens with zero attached hydrogens (tertiary/aromatic N) is 7. The number of nitrogens with one attached hydrogen (secondary N) is 2. The lowest BCUT2D eigenvalue weighted by Crippen LogP contribution is -2.41. The number of ether oxygens (including phenoxy) is 1. The molecule has 1 amide bonds. The third-order valence-corrected chi connectivity index (χ3v) is 16.8. The van der Waals surface area contributed by atoms with Gasteiger partial charge in [-0.15, -0.1) is 0 Å². The Kier molecular flexibility index (Phi) is 10.1. The highest BCUT2D eigenvalue weighted by Gasteiger charge is 2.59. The Bertz CT molecular complexity index is 3440. The molecule has 18 heteroatoms. The first-order valence-corrected chi connectivity index (χ1v) is 25.0. The molecule has 2 saturated carbocycles. The predicted octanol–water partition coefficient (Wildman–Crippen LogP) is 8.37. The van der Waals surface area contributed by atoms with E-state index in [-0.39, 0.29) is 58.0 Å². The minimum atomic E-state index is -3.23. The van der Waals surface area contributed by atoms with E-state index in [1.165, 1.54) is 29.1 Å². The maximum atomic E-state index is 16.0. The van der Waals surface area contributed by atoms with Gasteiger partial charge in [0, 0.05) is 54.2 Å². The molecule has 3 aromatic carbocycles. The third kappa shape index (κ3) is 7.12. The van der Waals surface area contributed by atoms with Crippen molar-refractivity contribution < 1.29 is 27.0 Å². The number of benzene rings is 3. The molecule has 2 N–H and O–H groups in total. The summed E-state index contributed by atoms with van der Waals surface area (Å²) in [4.78, 5) is 47.3. The summed E-state index contributed by atoms with van der Waals surface area (Å²) in [6.07, 6.45) is 7.35. The van der Waals surface area contributed by atoms with Gasteiger partial charge in [0.15, 0.2) is 5.82 Å². The average Bonchev–Trinajstić information content (AvgIpc) is 3.93. The van der Waals surface area contributed by atoms with Crippen molar-refractivity contribution in [2.75, 3.05) is 18.9 Å². The van der Waals surface area contributed by atoms with E-state index >= 15 is 13.6 Å². The fourth-order valence-corrected chi connectivity index (χ4v) is 12.8. The molecule has 3 fully saturated rings. The van der Waals surface area contributed by atoms with Gasteiger partial charge >= 0.3 is 11.4 Å². The summed E-state index contributed by atoms with van der Waals surface area (Å²) >= 11 is 0. The zero-order valence-electron chi connectivity index (χ0n) is 38.8. The third-order valence-electron chi connectivity index (χ3n) is 14.8. The van der Waals surface area contributed by atoms with Gasteiger partial charge in [-0.2, -0.15) is 5.10 Å². The van der Waals surface area contributed by atoms with Crippen molar-refractivity contribution in [1.82, 2.24) is 38.5 Å². The lowest BCUT2D eigenvalue weighted by Gasteiger charge is -2.35. The lowest BCUT2D eigenvalue weighted by atomic mass is 9.83. The van der Waals surface area contributed by atoms with Crippen molar-refractivity contribution in [3.8, 4) is 17.2 Å². The summed E-state index contributed by atoms with van der Waals surface area (Å²) in [5, 5.41) is 10.1. The second-order valence-electron chi connectivity index (χ2n) is 20.1. The zero-order valence-corrected chi connectivity index (χ0v) is 39.6. The Morgan fingerprint density at radius 3 is 2.37 bits per heavy atom. The summed E-state index contributed by atoms with van der Waals surface area (Å²) in [6, 6.07) is 14.8. The molecule has 15 nitrogen and oxygen atoms in total. The van der Waals surface area contributed by atoms with Crippen molar-refractivity contribution in [3.05, 3.63) is 139 Å². The van der Waals surface area contributed by atoms with Crippen LogP contribution in [0.2, 0.25) is 0 Å². The number of hydrogen-bond donors (Lipinski definition) is 2. The van der Waals surface area contributed by atoms with Crippen LogP contribution in [-0.2, 0) is 26.4 Å². The van der Waals surface area contributed by atoms with E-state index in [2.05, 4.69) is 36.1 Å². The number of halogens is 2. The van der Waals surface area contributed by atoms with Gasteiger partial charge in [0.1, 0.15) is 28.7 Å². The number of carbonyl (C=O) groups is 1. The first-order chi connectivity index (χ1) is 32.3. The van der Waals surface area contributed by atoms with E-state index in [1.54, 1.807) is 35.6 Å². The normalized spacial score (nSPS) is 23.2. The van der Waals surface area contributed by atoms with Crippen LogP contribution in [0.3, 0.4) is 0 Å². The van der Waals surface area contributed by atoms with E-state index in [0.717, 1.165) is 52.8 Å². The molecule has 354 valence electrons. The Hall–Kier alpha value is -6.40. The molecular weight excluding hydrogens is 893 g/mol. The van der Waals surface area contributed by atoms with Crippen LogP contribution in [0, 0.1) is 42.1 Å². The Morgan fingerprint density at radius 1 is 0.971 bits per heavy atom. The number of aryl methyl sites for hydroxylation is 2. The van der Waals surface area contributed by atoms with Crippen LogP contribution in [0.1, 0.15) is 116 Å². The summed E-state index contributed by atoms with van der Waals surface area (Å²) in [7, 11) is -3.23. The molecule has 7 aromatic rings. The first kappa shape index (κ1) is 44.1. The monoisotopic (exact) mass is 945 g/mol. The molecule has 1 saturated heterocycles. The van der Waals surface area contributed by atoms with E-state index < -0.39 is 38.6 Å². The molecule has 2 aliphatic heterocycles. The number of aromatic amines is 1. The second kappa shape index (κ2) is 15.6. The van der Waals surface area contributed by atoms with E-state index in [0.29, 0.717) is 64.9 Å². The van der Waals surface area contributed by atoms with Crippen LogP contribution in [-0.4, -0.2) is 73.1 Å². The molecule has 68 heavy (non-hydrogen) atoms. The minimum Gasteiger partial charge on any atom is -0.376 e. The fraction of sp³-hybridized carbons (Fsp3) is 0.420. The van der Waals surface area contributed by atoms with Crippen LogP contribution in [0.25, 0.3) is 28.1 Å². The van der Waals surface area contributed by atoms with Crippen molar-refractivity contribution >= 4 is 26.5 Å². The number of imidazole rings is 1. The van der Waals surface area contributed by atoms with Gasteiger partial charge < -0.3 is 14.2 Å². The molecule has 5 atom stereocenters. The van der Waals surface area contributed by atoms with Crippen LogP contribution >= 0.6 is 0 Å². The summed E-state index contributed by atoms with van der Waals surface area (Å²) in [5.74, 6) is -0.930. The number of carbonyl (C=O) groups excluding carboxylic acids is 1. The Balaban J connectivity index is 1.03. The van der Waals surface area contributed by atoms with Gasteiger partial charge in [0.2, 0.25) is 0 Å². The predicted molar refractivity (Wildman–Crippen MR) is 250 cm³/mol. The zero-order chi connectivity index (χ0) is 47.8. The van der Waals surface area contributed by atoms with Crippen molar-refractivity contribution in [3.63, 3.8) is 0 Å². The summed E-state index contributed by atoms with van der Waals surface area (Å²) in [6.45, 7) is 12.4. The molecule has 0 bridgehead atoms. The SMILES string of the molecule is Cc1cc(-n2nc3c(c2-n2ccn(-c4ccc([S@@](=N)(=O)CC5CC5)cc4F)c2=O)[C@H](C)N(C(=O)c2cc4cc([C@H]5CCOC(C)(C)C5)ccc4n2[C@@]2(c4noc(=O)[nH]4)C[C@@H]2C)CC3)cc(C)c1F. The molecule has 0 unspecified atom stereocenters. The van der Waals surface area contributed by atoms with Crippen LogP contribution < -0.4 is 11.4 Å². The highest BCUT2D eigenvalue weighted by molar-refractivity contribution is 7.92. The van der Waals surface area contributed by atoms with E-state index in [1.807, 2.05) is 30.5 Å². The molecule has 0 radical (unpaired) electrons. The van der Waals surface area contributed by atoms with Crippen molar-refractivity contribution in [2.24, 2.45) is 11.8 Å². The Morgan fingerprint density at radius 2 is 1.71 bits per heavy atom. The number of hydrogen-bond acceptors (Lipinski definition) is 9. The number of rotatable bonds is 10. The van der Waals surface area contributed by atoms with Gasteiger partial charge in [-0.1, -0.05) is 18.1 Å². The van der Waals surface area contributed by atoms with Crippen LogP contribution in [0.5, 0.6) is 0 Å². The molecule has 6 heterocycles. The molecule has 4 aliphatic rings. The fourth-order valence-electron chi connectivity index (χ4n) is 11.0. The summed E-state index contributed by atoms with van der Waals surface area (Å²) in [5.41, 5.74) is 2.89. The topological polar surface area (TPSA) is 179 Å². The van der Waals surface area contributed by atoms with Gasteiger partial charge in [-0.25, -0.2) is 32.0 Å². The average molecular weight is 946 g/mol. The lowest BCUT2D eigenvalue weighted by molar-refractivity contribution is -0.0592. The Labute approximate surface area is 390 Å². The highest BCUT2D eigenvalue weighted by atomic mass is 32.2. The molecular formula is C50H53F2N9O6S. The second-order valence-corrected chi connectivity index (χ2v) is 22.2. The molecule has 11 rings (SSSR count). The molecule has 2 aliphatic carbocycles. The van der Waals surface area contributed by atoms with E-state index in [4.69, 9.17) is 19.1 Å². The largest absolute Gasteiger partial charge is 0.438 e. The number of fused-ring (bicyclic) bond motifs is 2. The van der Waals surface area contributed by atoms with Crippen LogP contribution in [0.4, 0.5) is 8.78 Å². The quantitative estimate of drug-likeness (QED) is 0.137. The van der Waals surface area contributed by atoms with Gasteiger partial charge in [0.05, 0.1) is 43.3 Å². The standard InChI is InChI=1S/C50H53F2N9O6S/c1-27-19-35(20-28(2)43(27)52)61-44(59-17-16-58(48(59)64)40-12-10-36(23-37(40)51)68(53,65)26-31-7-8-31)42-30(4)57(15-13-38(42)55-61)45(62)41-22-34-21-32(33-14-18-66-49(5,6)25-33)9-11-39(34)60(41)50(24-29(50)3)46-54-47(63)67-56-46/h9-12,16-17,19-23,29-31,33,53H,7-8,13-15,18,24-26H2,1-6H3,(H,54,56,63)/t29-,30-,33-,50-,68-/m0/s1. The van der Waals surface area contributed by atoms with Gasteiger partial charge in [-0.05, 0) is 150 Å². The summed E-state index contributed by atoms with van der Waals surface area (Å²) < 4.78 is 70.1. The van der Waals surface area contributed by atoms with Crippen molar-refractivity contribution in [1.29, 1.82) is 4.78 Å². The van der Waals surface area contributed by atoms with Gasteiger partial charge in [-0.3, -0.25) is 23.4 Å². The maximum Gasteiger partial charge on any atom is 0.438 e. The maximum absolute atomic E-state index is 16.0. The number of amides is 1.